The average Bonchev–Trinajstić information content (AvgIpc) is 2.40. The van der Waals surface area contributed by atoms with Crippen LogP contribution in [0.1, 0.15) is 11.1 Å². The standard InChI is InChI=1S/C12H7ClF4N2O2/c13-9-8(14)10(20)19(11(21)18-9)5-6-3-1-2-4-7(6)12(15,16)17/h1-4H,5H2,(H,18,21). The Balaban J connectivity index is 2.58. The van der Waals surface area contributed by atoms with Crippen LogP contribution in [0.25, 0.3) is 0 Å². The molecule has 0 atom stereocenters. The van der Waals surface area contributed by atoms with E-state index in [1.54, 1.807) is 0 Å². The Hall–Kier alpha value is -2.09. The van der Waals surface area contributed by atoms with Gasteiger partial charge in [-0.3, -0.25) is 14.3 Å². The van der Waals surface area contributed by atoms with Gasteiger partial charge in [0.15, 0.2) is 5.15 Å². The molecular weight excluding hydrogens is 316 g/mol. The van der Waals surface area contributed by atoms with Crippen LogP contribution >= 0.6 is 11.6 Å². The number of nitrogens with one attached hydrogen (secondary N) is 1. The summed E-state index contributed by atoms with van der Waals surface area (Å²) < 4.78 is 52.1. The van der Waals surface area contributed by atoms with E-state index in [4.69, 9.17) is 11.6 Å². The van der Waals surface area contributed by atoms with Crippen molar-refractivity contribution >= 4 is 11.6 Å². The molecule has 1 N–H and O–H groups in total. The first-order chi connectivity index (χ1) is 9.71. The van der Waals surface area contributed by atoms with Crippen molar-refractivity contribution in [2.75, 3.05) is 0 Å². The lowest BCUT2D eigenvalue weighted by Crippen LogP contribution is -2.37. The topological polar surface area (TPSA) is 54.9 Å². The summed E-state index contributed by atoms with van der Waals surface area (Å²) in [7, 11) is 0. The molecule has 0 fully saturated rings. The Bertz CT molecular complexity index is 795. The number of aromatic amines is 1. The summed E-state index contributed by atoms with van der Waals surface area (Å²) in [4.78, 5) is 25.0. The second-order valence-corrected chi connectivity index (χ2v) is 4.48. The van der Waals surface area contributed by atoms with Gasteiger partial charge in [-0.25, -0.2) is 4.79 Å². The lowest BCUT2D eigenvalue weighted by molar-refractivity contribution is -0.138. The molecule has 4 nitrogen and oxygen atoms in total. The van der Waals surface area contributed by atoms with E-state index >= 15 is 0 Å². The van der Waals surface area contributed by atoms with Crippen LogP contribution < -0.4 is 11.2 Å². The van der Waals surface area contributed by atoms with E-state index in [0.29, 0.717) is 4.57 Å². The number of benzene rings is 1. The number of aromatic nitrogens is 2. The number of nitrogens with zero attached hydrogens (tertiary/aromatic N) is 1. The van der Waals surface area contributed by atoms with E-state index in [0.717, 1.165) is 12.1 Å². The molecule has 0 unspecified atom stereocenters. The van der Waals surface area contributed by atoms with E-state index in [1.165, 1.54) is 12.1 Å². The SMILES string of the molecule is O=c1[nH]c(Cl)c(F)c(=O)n1Cc1ccccc1C(F)(F)F. The molecule has 0 saturated heterocycles. The summed E-state index contributed by atoms with van der Waals surface area (Å²) in [6, 6.07) is 4.39. The van der Waals surface area contributed by atoms with E-state index in [-0.39, 0.29) is 5.56 Å². The van der Waals surface area contributed by atoms with Gasteiger partial charge in [0, 0.05) is 0 Å². The highest BCUT2D eigenvalue weighted by molar-refractivity contribution is 6.29. The number of hydrogen-bond donors (Lipinski definition) is 1. The molecule has 0 spiro atoms. The van der Waals surface area contributed by atoms with E-state index in [9.17, 15) is 27.2 Å². The van der Waals surface area contributed by atoms with Crippen molar-refractivity contribution in [1.29, 1.82) is 0 Å². The van der Waals surface area contributed by atoms with Crippen molar-refractivity contribution in [2.24, 2.45) is 0 Å². The van der Waals surface area contributed by atoms with Crippen molar-refractivity contribution in [1.82, 2.24) is 9.55 Å². The molecule has 1 aromatic heterocycles. The second-order valence-electron chi connectivity index (χ2n) is 4.10. The smallest absolute Gasteiger partial charge is 0.295 e. The van der Waals surface area contributed by atoms with Gasteiger partial charge in [-0.15, -0.1) is 0 Å². The van der Waals surface area contributed by atoms with Gasteiger partial charge in [-0.2, -0.15) is 17.6 Å². The maximum Gasteiger partial charge on any atom is 0.416 e. The molecule has 21 heavy (non-hydrogen) atoms. The van der Waals surface area contributed by atoms with Gasteiger partial charge in [0.2, 0.25) is 5.82 Å². The number of alkyl halides is 3. The van der Waals surface area contributed by atoms with Crippen molar-refractivity contribution in [3.05, 3.63) is 67.2 Å². The zero-order chi connectivity index (χ0) is 15.8. The van der Waals surface area contributed by atoms with E-state index in [2.05, 4.69) is 0 Å². The predicted octanol–water partition coefficient (Wildman–Crippen LogP) is 2.40. The zero-order valence-electron chi connectivity index (χ0n) is 10.2. The monoisotopic (exact) mass is 322 g/mol. The fourth-order valence-corrected chi connectivity index (χ4v) is 1.93. The van der Waals surface area contributed by atoms with Crippen LogP contribution in [-0.4, -0.2) is 9.55 Å². The van der Waals surface area contributed by atoms with Crippen molar-refractivity contribution in [2.45, 2.75) is 12.7 Å². The van der Waals surface area contributed by atoms with Crippen LogP contribution in [0, 0.1) is 5.82 Å². The highest BCUT2D eigenvalue weighted by atomic mass is 35.5. The molecule has 112 valence electrons. The van der Waals surface area contributed by atoms with Crippen LogP contribution in [0.15, 0.2) is 33.9 Å². The molecule has 2 aromatic rings. The highest BCUT2D eigenvalue weighted by Gasteiger charge is 2.33. The Morgan fingerprint density at radius 2 is 1.81 bits per heavy atom. The van der Waals surface area contributed by atoms with Crippen molar-refractivity contribution < 1.29 is 17.6 Å². The van der Waals surface area contributed by atoms with Crippen LogP contribution in [0.5, 0.6) is 0 Å². The lowest BCUT2D eigenvalue weighted by atomic mass is 10.1. The maximum atomic E-state index is 13.4. The Morgan fingerprint density at radius 1 is 1.19 bits per heavy atom. The number of H-pyrrole nitrogens is 1. The van der Waals surface area contributed by atoms with E-state index < -0.39 is 40.5 Å². The predicted molar refractivity (Wildman–Crippen MR) is 66.8 cm³/mol. The summed E-state index contributed by atoms with van der Waals surface area (Å²) in [6.45, 7) is -0.724. The van der Waals surface area contributed by atoms with Crippen LogP contribution in [0.3, 0.4) is 0 Å². The normalized spacial score (nSPS) is 11.7. The molecule has 0 radical (unpaired) electrons. The largest absolute Gasteiger partial charge is 0.416 e. The van der Waals surface area contributed by atoms with Crippen LogP contribution in [-0.2, 0) is 12.7 Å². The molecule has 1 aromatic carbocycles. The quantitative estimate of drug-likeness (QED) is 0.682. The molecule has 1 heterocycles. The van der Waals surface area contributed by atoms with E-state index in [1.807, 2.05) is 4.98 Å². The van der Waals surface area contributed by atoms with Gasteiger partial charge in [0.05, 0.1) is 12.1 Å². The summed E-state index contributed by atoms with van der Waals surface area (Å²) in [5, 5.41) is -0.787. The number of halogens is 5. The van der Waals surface area contributed by atoms with Gasteiger partial charge in [-0.1, -0.05) is 29.8 Å². The minimum Gasteiger partial charge on any atom is -0.295 e. The van der Waals surface area contributed by atoms with Crippen molar-refractivity contribution in [3.8, 4) is 0 Å². The first-order valence-corrected chi connectivity index (χ1v) is 5.93. The molecule has 0 amide bonds. The maximum absolute atomic E-state index is 13.4. The summed E-state index contributed by atoms with van der Waals surface area (Å²) in [5.41, 5.74) is -3.82. The second kappa shape index (κ2) is 5.36. The summed E-state index contributed by atoms with van der Waals surface area (Å²) >= 11 is 5.27. The fourth-order valence-electron chi connectivity index (χ4n) is 1.77. The van der Waals surface area contributed by atoms with Crippen LogP contribution in [0.2, 0.25) is 5.15 Å². The third-order valence-corrected chi connectivity index (χ3v) is 3.00. The molecule has 0 aliphatic heterocycles. The third-order valence-electron chi connectivity index (χ3n) is 2.74. The first kappa shape index (κ1) is 15.3. The molecule has 0 bridgehead atoms. The molecule has 0 aliphatic rings. The number of hydrogen-bond acceptors (Lipinski definition) is 2. The zero-order valence-corrected chi connectivity index (χ0v) is 10.9. The molecule has 0 aliphatic carbocycles. The van der Waals surface area contributed by atoms with Crippen LogP contribution in [0.4, 0.5) is 17.6 Å². The highest BCUT2D eigenvalue weighted by Crippen LogP contribution is 2.31. The lowest BCUT2D eigenvalue weighted by Gasteiger charge is -2.13. The van der Waals surface area contributed by atoms with Gasteiger partial charge in [0.25, 0.3) is 5.56 Å². The van der Waals surface area contributed by atoms with Gasteiger partial charge >= 0.3 is 11.9 Å². The average molecular weight is 323 g/mol. The molecule has 0 saturated carbocycles. The summed E-state index contributed by atoms with van der Waals surface area (Å²) in [6.07, 6.45) is -4.65. The summed E-state index contributed by atoms with van der Waals surface area (Å²) in [5.74, 6) is -1.43. The van der Waals surface area contributed by atoms with Gasteiger partial charge in [0.1, 0.15) is 0 Å². The molecular formula is C12H7ClF4N2O2. The Kier molecular flexibility index (Phi) is 3.91. The van der Waals surface area contributed by atoms with Crippen molar-refractivity contribution in [3.63, 3.8) is 0 Å². The minimum atomic E-state index is -4.65. The number of rotatable bonds is 2. The Labute approximate surface area is 119 Å². The van der Waals surface area contributed by atoms with Gasteiger partial charge in [-0.05, 0) is 11.6 Å². The third kappa shape index (κ3) is 2.99. The van der Waals surface area contributed by atoms with Gasteiger partial charge < -0.3 is 0 Å². The Morgan fingerprint density at radius 3 is 2.43 bits per heavy atom. The molecule has 9 heteroatoms. The first-order valence-electron chi connectivity index (χ1n) is 5.55. The minimum absolute atomic E-state index is 0.311. The molecule has 2 rings (SSSR count). The fraction of sp³-hybridized carbons (Fsp3) is 0.167.